The van der Waals surface area contributed by atoms with Crippen LogP contribution in [0.1, 0.15) is 58.4 Å². The molecule has 13 aromatic rings. The second kappa shape index (κ2) is 17.8. The average Bonchev–Trinajstić information content (AvgIpc) is 3.35. The van der Waals surface area contributed by atoms with Crippen LogP contribution in [0, 0.1) is 13.8 Å². The normalized spacial score (nSPS) is 14.8. The maximum absolute atomic E-state index is 6.73. The van der Waals surface area contributed by atoms with Crippen LogP contribution in [0.3, 0.4) is 0 Å². The molecular formula is C78H56N2O. The summed E-state index contributed by atoms with van der Waals surface area (Å²) in [5, 5.41) is 2.29. The molecule has 1 aromatic heterocycles. The van der Waals surface area contributed by atoms with Crippen LogP contribution in [-0.4, -0.2) is 0 Å². The smallest absolute Gasteiger partial charge is 0.136 e. The first-order chi connectivity index (χ1) is 39.7. The minimum Gasteiger partial charge on any atom is -0.456 e. The van der Waals surface area contributed by atoms with Gasteiger partial charge in [0.15, 0.2) is 0 Å². The van der Waals surface area contributed by atoms with E-state index >= 15 is 0 Å². The monoisotopic (exact) mass is 1040 g/mol. The van der Waals surface area contributed by atoms with Crippen LogP contribution in [0.2, 0.25) is 0 Å². The Morgan fingerprint density at radius 1 is 0.309 bits per heavy atom. The molecule has 16 rings (SSSR count). The quantitative estimate of drug-likeness (QED) is 0.151. The Hall–Kier alpha value is -9.96. The molecule has 1 atom stereocenters. The second-order valence-electron chi connectivity index (χ2n) is 22.9. The molecule has 3 heteroatoms. The van der Waals surface area contributed by atoms with E-state index < -0.39 is 5.41 Å². The lowest BCUT2D eigenvalue weighted by atomic mass is 9.70. The zero-order valence-electron chi connectivity index (χ0n) is 45.7. The molecule has 1 heterocycles. The molecule has 3 aliphatic rings. The van der Waals surface area contributed by atoms with Crippen molar-refractivity contribution in [1.29, 1.82) is 0 Å². The van der Waals surface area contributed by atoms with E-state index in [2.05, 4.69) is 304 Å². The fraction of sp³-hybridized carbons (Fsp3) is 0.0769. The van der Waals surface area contributed by atoms with Gasteiger partial charge in [-0.05, 0) is 182 Å². The number of benzene rings is 12. The summed E-state index contributed by atoms with van der Waals surface area (Å²) in [4.78, 5) is 4.88. The Morgan fingerprint density at radius 2 is 0.815 bits per heavy atom. The first-order valence-corrected chi connectivity index (χ1v) is 28.3. The van der Waals surface area contributed by atoms with Crippen molar-refractivity contribution in [3.05, 3.63) is 311 Å². The summed E-state index contributed by atoms with van der Waals surface area (Å²) in [6.07, 6.45) is 0. The number of para-hydroxylation sites is 2. The van der Waals surface area contributed by atoms with Gasteiger partial charge in [0, 0.05) is 50.2 Å². The van der Waals surface area contributed by atoms with Crippen molar-refractivity contribution < 1.29 is 4.42 Å². The van der Waals surface area contributed by atoms with Gasteiger partial charge in [-0.15, -0.1) is 0 Å². The molecule has 0 aliphatic heterocycles. The Balaban J connectivity index is 0.930. The summed E-state index contributed by atoms with van der Waals surface area (Å²) < 4.78 is 6.73. The van der Waals surface area contributed by atoms with E-state index in [4.69, 9.17) is 4.42 Å². The van der Waals surface area contributed by atoms with Gasteiger partial charge < -0.3 is 14.2 Å². The number of hydrogen-bond donors (Lipinski definition) is 0. The van der Waals surface area contributed by atoms with Crippen LogP contribution in [0.4, 0.5) is 34.1 Å². The summed E-state index contributed by atoms with van der Waals surface area (Å²) in [5.74, 6) is 0. The van der Waals surface area contributed by atoms with Crippen LogP contribution >= 0.6 is 0 Å². The van der Waals surface area contributed by atoms with E-state index in [9.17, 15) is 0 Å². The number of nitrogens with zero attached hydrogens (tertiary/aromatic N) is 2. The Kier molecular flexibility index (Phi) is 10.3. The van der Waals surface area contributed by atoms with Crippen LogP contribution in [0.25, 0.3) is 77.6 Å². The Bertz CT molecular complexity index is 4630. The lowest BCUT2D eigenvalue weighted by molar-refractivity contribution is 0.660. The van der Waals surface area contributed by atoms with E-state index in [0.29, 0.717) is 0 Å². The molecule has 0 radical (unpaired) electrons. The minimum atomic E-state index is -0.686. The van der Waals surface area contributed by atoms with Crippen molar-refractivity contribution in [2.75, 3.05) is 9.80 Å². The van der Waals surface area contributed by atoms with Crippen molar-refractivity contribution in [1.82, 2.24) is 0 Å². The summed E-state index contributed by atoms with van der Waals surface area (Å²) >= 11 is 0. The largest absolute Gasteiger partial charge is 0.456 e. The topological polar surface area (TPSA) is 19.6 Å². The highest BCUT2D eigenvalue weighted by Crippen LogP contribution is 2.65. The molecule has 3 aliphatic carbocycles. The highest BCUT2D eigenvalue weighted by atomic mass is 16.3. The lowest BCUT2D eigenvalue weighted by Gasteiger charge is -2.33. The third-order valence-electron chi connectivity index (χ3n) is 18.0. The van der Waals surface area contributed by atoms with Gasteiger partial charge >= 0.3 is 0 Å². The van der Waals surface area contributed by atoms with Gasteiger partial charge in [0.1, 0.15) is 11.2 Å². The van der Waals surface area contributed by atoms with Gasteiger partial charge in [0.2, 0.25) is 0 Å². The zero-order valence-corrected chi connectivity index (χ0v) is 45.7. The van der Waals surface area contributed by atoms with Gasteiger partial charge in [0.25, 0.3) is 0 Å². The summed E-state index contributed by atoms with van der Waals surface area (Å²) in [7, 11) is 0. The zero-order chi connectivity index (χ0) is 54.1. The SMILES string of the molecule is Cc1ccc(N(c2ccc(C)cc2)c2ccc(-c3ccc4c(c3)C3(c5ccccc5-c5ccc(N(c6ccc7c(c6)C(C)(C)c6ccccc6-7)c6ccccc6-c6ccccc6)cc53)c3ccc5oc6ccccc6c5c3-4)cc2)cc1. The summed E-state index contributed by atoms with van der Waals surface area (Å²) in [6.45, 7) is 9.05. The molecule has 0 saturated heterocycles. The maximum atomic E-state index is 6.73. The van der Waals surface area contributed by atoms with Gasteiger partial charge in [-0.2, -0.15) is 0 Å². The highest BCUT2D eigenvalue weighted by Gasteiger charge is 2.53. The van der Waals surface area contributed by atoms with Crippen LogP contribution in [-0.2, 0) is 10.8 Å². The summed E-state index contributed by atoms with van der Waals surface area (Å²) in [5.41, 5.74) is 30.1. The fourth-order valence-corrected chi connectivity index (χ4v) is 14.2. The van der Waals surface area contributed by atoms with E-state index in [-0.39, 0.29) is 5.41 Å². The molecule has 0 bridgehead atoms. The second-order valence-corrected chi connectivity index (χ2v) is 22.9. The Labute approximate surface area is 473 Å². The van der Waals surface area contributed by atoms with Crippen molar-refractivity contribution in [2.24, 2.45) is 0 Å². The first-order valence-electron chi connectivity index (χ1n) is 28.3. The van der Waals surface area contributed by atoms with Crippen molar-refractivity contribution in [3.63, 3.8) is 0 Å². The number of anilines is 6. The van der Waals surface area contributed by atoms with Gasteiger partial charge in [-0.3, -0.25) is 0 Å². The molecule has 1 unspecified atom stereocenters. The first kappa shape index (κ1) is 47.1. The molecule has 0 N–H and O–H groups in total. The standard InChI is InChI=1S/C78H56N2O/c1-49-26-33-54(34-27-49)79(55-35-28-50(2)29-36-55)56-37-30-51(31-38-56)53-32-41-64-70(46-53)78(68-44-45-74-76(75(64)68)65-21-11-15-25-73(65)81-74)67-23-13-9-20-61(67)63-43-40-58(48-71(63)78)80(72-24-14-10-18-59(72)52-16-6-5-7-17-52)57-39-42-62-60-19-8-12-22-66(60)77(3,4)69(62)47-57/h5-48H,1-4H3. The van der Waals surface area contributed by atoms with E-state index in [1.165, 1.54) is 94.6 Å². The number of aryl methyl sites for hydroxylation is 2. The maximum Gasteiger partial charge on any atom is 0.136 e. The number of hydrogen-bond acceptors (Lipinski definition) is 3. The van der Waals surface area contributed by atoms with Crippen molar-refractivity contribution in [2.45, 2.75) is 38.5 Å². The fourth-order valence-electron chi connectivity index (χ4n) is 14.2. The van der Waals surface area contributed by atoms with Crippen LogP contribution < -0.4 is 9.80 Å². The van der Waals surface area contributed by atoms with Crippen LogP contribution in [0.5, 0.6) is 0 Å². The van der Waals surface area contributed by atoms with E-state index in [1.807, 2.05) is 0 Å². The molecule has 12 aromatic carbocycles. The molecule has 1 spiro atoms. The van der Waals surface area contributed by atoms with E-state index in [1.54, 1.807) is 0 Å². The van der Waals surface area contributed by atoms with Crippen molar-refractivity contribution >= 4 is 56.1 Å². The molecule has 0 amide bonds. The average molecular weight is 1040 g/mol. The molecule has 0 saturated carbocycles. The van der Waals surface area contributed by atoms with Gasteiger partial charge in [-0.25, -0.2) is 0 Å². The predicted molar refractivity (Wildman–Crippen MR) is 337 cm³/mol. The molecule has 3 nitrogen and oxygen atoms in total. The van der Waals surface area contributed by atoms with Gasteiger partial charge in [0.05, 0.1) is 11.1 Å². The van der Waals surface area contributed by atoms with E-state index in [0.717, 1.165) is 61.6 Å². The Morgan fingerprint density at radius 3 is 1.52 bits per heavy atom. The third-order valence-corrected chi connectivity index (χ3v) is 18.0. The number of fused-ring (bicyclic) bond motifs is 17. The predicted octanol–water partition coefficient (Wildman–Crippen LogP) is 21.1. The highest BCUT2D eigenvalue weighted by molar-refractivity contribution is 6.16. The number of furan rings is 1. The molecule has 0 fully saturated rings. The lowest BCUT2D eigenvalue weighted by Crippen LogP contribution is -2.26. The molecule has 81 heavy (non-hydrogen) atoms. The summed E-state index contributed by atoms with van der Waals surface area (Å²) in [6, 6.07) is 99.6. The third kappa shape index (κ3) is 6.95. The van der Waals surface area contributed by atoms with Crippen molar-refractivity contribution in [3.8, 4) is 55.6 Å². The molecule has 384 valence electrons. The minimum absolute atomic E-state index is 0.185. The number of rotatable bonds is 8. The van der Waals surface area contributed by atoms with Crippen LogP contribution in [0.15, 0.2) is 271 Å². The molecular weight excluding hydrogens is 981 g/mol. The van der Waals surface area contributed by atoms with Gasteiger partial charge in [-0.1, -0.05) is 207 Å².